The van der Waals surface area contributed by atoms with Crippen LogP contribution in [0.3, 0.4) is 0 Å². The number of rotatable bonds is 7. The molecule has 0 radical (unpaired) electrons. The predicted octanol–water partition coefficient (Wildman–Crippen LogP) is 2.47. The Balaban J connectivity index is 0.00000420. The first kappa shape index (κ1) is 24.7. The van der Waals surface area contributed by atoms with Crippen molar-refractivity contribution in [1.82, 2.24) is 30.7 Å². The van der Waals surface area contributed by atoms with Gasteiger partial charge in [-0.3, -0.25) is 9.56 Å². The average molecular weight is 515 g/mol. The van der Waals surface area contributed by atoms with Crippen LogP contribution in [0.4, 0.5) is 4.79 Å². The number of halogens is 1. The maximum absolute atomic E-state index is 11.6. The molecule has 0 saturated heterocycles. The number of nitrogens with one attached hydrogen (secondary N) is 3. The molecule has 2 rings (SSSR count). The number of ether oxygens (including phenoxy) is 1. The summed E-state index contributed by atoms with van der Waals surface area (Å²) in [5.41, 5.74) is 0.509. The summed E-state index contributed by atoms with van der Waals surface area (Å²) in [7, 11) is 1.70. The molecule has 29 heavy (non-hydrogen) atoms. The maximum atomic E-state index is 11.6. The molecule has 0 aliphatic carbocycles. The zero-order chi connectivity index (χ0) is 20.4. The minimum atomic E-state index is -0.491. The van der Waals surface area contributed by atoms with Gasteiger partial charge in [-0.1, -0.05) is 18.2 Å². The highest BCUT2D eigenvalue weighted by atomic mass is 127. The zero-order valence-corrected chi connectivity index (χ0v) is 19.6. The number of hydrogen-bond acceptors (Lipinski definition) is 5. The fraction of sp³-hybridized carbons (Fsp3) is 0.474. The highest BCUT2D eigenvalue weighted by Gasteiger charge is 2.15. The molecule has 9 nitrogen and oxygen atoms in total. The lowest BCUT2D eigenvalue weighted by Gasteiger charge is -2.19. The lowest BCUT2D eigenvalue weighted by molar-refractivity contribution is 0.0527. The Bertz CT molecular complexity index is 772. The molecule has 0 bridgehead atoms. The molecule has 0 atom stereocenters. The fourth-order valence-corrected chi connectivity index (χ4v) is 2.37. The summed E-state index contributed by atoms with van der Waals surface area (Å²) in [6.07, 6.45) is 2.01. The van der Waals surface area contributed by atoms with Gasteiger partial charge in [-0.05, 0) is 39.3 Å². The molecule has 2 aromatic rings. The van der Waals surface area contributed by atoms with Gasteiger partial charge in [-0.15, -0.1) is 34.2 Å². The van der Waals surface area contributed by atoms with Gasteiger partial charge >= 0.3 is 6.09 Å². The molecule has 0 spiro atoms. The van der Waals surface area contributed by atoms with Crippen LogP contribution in [0.15, 0.2) is 41.7 Å². The summed E-state index contributed by atoms with van der Waals surface area (Å²) in [6.45, 7) is 7.15. The Labute approximate surface area is 188 Å². The normalized spacial score (nSPS) is 11.4. The van der Waals surface area contributed by atoms with Gasteiger partial charge in [0, 0.05) is 25.8 Å². The van der Waals surface area contributed by atoms with E-state index in [1.165, 1.54) is 0 Å². The topological polar surface area (TPSA) is 105 Å². The van der Waals surface area contributed by atoms with Crippen LogP contribution in [0.2, 0.25) is 0 Å². The van der Waals surface area contributed by atoms with E-state index in [0.29, 0.717) is 25.6 Å². The Hall–Kier alpha value is -2.37. The molecular formula is C19H30IN7O2. The number of guanidine groups is 1. The van der Waals surface area contributed by atoms with E-state index in [4.69, 9.17) is 4.74 Å². The van der Waals surface area contributed by atoms with E-state index in [-0.39, 0.29) is 24.0 Å². The van der Waals surface area contributed by atoms with E-state index in [1.807, 2.05) is 55.7 Å². The van der Waals surface area contributed by atoms with E-state index in [1.54, 1.807) is 13.4 Å². The highest BCUT2D eigenvalue weighted by molar-refractivity contribution is 14.0. The monoisotopic (exact) mass is 515 g/mol. The lowest BCUT2D eigenvalue weighted by atomic mass is 10.2. The van der Waals surface area contributed by atoms with Gasteiger partial charge in [0.05, 0.1) is 6.54 Å². The van der Waals surface area contributed by atoms with Crippen molar-refractivity contribution in [3.63, 3.8) is 0 Å². The molecule has 0 saturated carbocycles. The van der Waals surface area contributed by atoms with Crippen LogP contribution >= 0.6 is 24.0 Å². The second kappa shape index (κ2) is 12.2. The Kier molecular flexibility index (Phi) is 10.4. The van der Waals surface area contributed by atoms with Crippen molar-refractivity contribution in [1.29, 1.82) is 0 Å². The van der Waals surface area contributed by atoms with Gasteiger partial charge in [-0.2, -0.15) is 0 Å². The zero-order valence-electron chi connectivity index (χ0n) is 17.3. The number of para-hydroxylation sites is 1. The molecule has 0 aliphatic rings. The third kappa shape index (κ3) is 9.11. The lowest BCUT2D eigenvalue weighted by Crippen LogP contribution is -2.39. The Morgan fingerprint density at radius 3 is 2.48 bits per heavy atom. The smallest absolute Gasteiger partial charge is 0.407 e. The second-order valence-electron chi connectivity index (χ2n) is 7.09. The first-order chi connectivity index (χ1) is 13.4. The summed E-state index contributed by atoms with van der Waals surface area (Å²) in [5.74, 6) is 1.43. The third-order valence-corrected chi connectivity index (χ3v) is 3.60. The third-order valence-electron chi connectivity index (χ3n) is 3.60. The first-order valence-electron chi connectivity index (χ1n) is 9.25. The maximum Gasteiger partial charge on any atom is 0.407 e. The number of carbonyl (C=O) groups is 1. The molecule has 0 fully saturated rings. The quantitative estimate of drug-likeness (QED) is 0.227. The fourth-order valence-electron chi connectivity index (χ4n) is 2.37. The number of aromatic nitrogens is 3. The summed E-state index contributed by atoms with van der Waals surface area (Å²) in [5, 5.41) is 17.3. The molecule has 1 amide bonds. The number of carbonyl (C=O) groups excluding carboxylic acids is 1. The van der Waals surface area contributed by atoms with Crippen molar-refractivity contribution in [2.75, 3.05) is 20.1 Å². The van der Waals surface area contributed by atoms with Gasteiger partial charge in [0.1, 0.15) is 11.9 Å². The molecule has 10 heteroatoms. The van der Waals surface area contributed by atoms with Crippen molar-refractivity contribution in [2.45, 2.75) is 39.3 Å². The van der Waals surface area contributed by atoms with Gasteiger partial charge in [-0.25, -0.2) is 4.79 Å². The van der Waals surface area contributed by atoms with E-state index in [0.717, 1.165) is 17.9 Å². The number of benzene rings is 1. The Morgan fingerprint density at radius 1 is 1.14 bits per heavy atom. The van der Waals surface area contributed by atoms with E-state index >= 15 is 0 Å². The van der Waals surface area contributed by atoms with Crippen molar-refractivity contribution >= 4 is 36.0 Å². The number of alkyl carbamates (subject to hydrolysis) is 1. The molecule has 3 N–H and O–H groups in total. The van der Waals surface area contributed by atoms with E-state index < -0.39 is 11.7 Å². The molecule has 160 valence electrons. The van der Waals surface area contributed by atoms with Crippen LogP contribution in [-0.2, 0) is 11.3 Å². The Morgan fingerprint density at radius 2 is 1.83 bits per heavy atom. The van der Waals surface area contributed by atoms with Crippen molar-refractivity contribution in [3.05, 3.63) is 42.5 Å². The molecule has 1 heterocycles. The average Bonchev–Trinajstić information content (AvgIpc) is 3.12. The van der Waals surface area contributed by atoms with Crippen LogP contribution in [0.1, 0.15) is 33.0 Å². The summed E-state index contributed by atoms with van der Waals surface area (Å²) in [4.78, 5) is 15.8. The van der Waals surface area contributed by atoms with Crippen LogP contribution in [0.25, 0.3) is 5.69 Å². The molecular weight excluding hydrogens is 485 g/mol. The highest BCUT2D eigenvalue weighted by Crippen LogP contribution is 2.08. The number of amides is 1. The van der Waals surface area contributed by atoms with E-state index in [9.17, 15) is 4.79 Å². The largest absolute Gasteiger partial charge is 0.444 e. The van der Waals surface area contributed by atoms with Gasteiger partial charge in [0.2, 0.25) is 0 Å². The van der Waals surface area contributed by atoms with Crippen molar-refractivity contribution < 1.29 is 9.53 Å². The number of hydrogen-bond donors (Lipinski definition) is 3. The van der Waals surface area contributed by atoms with Crippen molar-refractivity contribution in [2.24, 2.45) is 4.99 Å². The number of nitrogens with zero attached hydrogens (tertiary/aromatic N) is 4. The van der Waals surface area contributed by atoms with E-state index in [2.05, 4.69) is 31.1 Å². The molecule has 0 aliphatic heterocycles. The summed E-state index contributed by atoms with van der Waals surface area (Å²) in [6, 6.07) is 9.90. The van der Waals surface area contributed by atoms with Gasteiger partial charge in [0.15, 0.2) is 11.8 Å². The minimum absolute atomic E-state index is 0. The first-order valence-corrected chi connectivity index (χ1v) is 9.25. The summed E-state index contributed by atoms with van der Waals surface area (Å²) >= 11 is 0. The summed E-state index contributed by atoms with van der Waals surface area (Å²) < 4.78 is 7.11. The van der Waals surface area contributed by atoms with Gasteiger partial charge in [0.25, 0.3) is 0 Å². The van der Waals surface area contributed by atoms with Crippen LogP contribution in [0.5, 0.6) is 0 Å². The van der Waals surface area contributed by atoms with Gasteiger partial charge < -0.3 is 20.7 Å². The van der Waals surface area contributed by atoms with Crippen LogP contribution < -0.4 is 16.0 Å². The second-order valence-corrected chi connectivity index (χ2v) is 7.09. The molecule has 1 aromatic heterocycles. The molecule has 1 aromatic carbocycles. The van der Waals surface area contributed by atoms with Crippen LogP contribution in [-0.4, -0.2) is 52.6 Å². The predicted molar refractivity (Wildman–Crippen MR) is 124 cm³/mol. The number of aliphatic imine (C=N–C) groups is 1. The molecule has 0 unspecified atom stereocenters. The van der Waals surface area contributed by atoms with Crippen LogP contribution in [0, 0.1) is 0 Å². The minimum Gasteiger partial charge on any atom is -0.444 e. The SMILES string of the molecule is CN=C(NCCCNC(=O)OC(C)(C)C)NCc1nncn1-c1ccccc1.I. The van der Waals surface area contributed by atoms with Crippen molar-refractivity contribution in [3.8, 4) is 5.69 Å². The standard InChI is InChI=1S/C19H29N7O2.HI/c1-19(2,3)28-18(27)22-12-8-11-21-17(20-4)23-13-16-25-24-14-26(16)15-9-6-5-7-10-15;/h5-7,9-10,14H,8,11-13H2,1-4H3,(H,22,27)(H2,20,21,23);1H.